The molecule has 0 spiro atoms. The van der Waals surface area contributed by atoms with Crippen LogP contribution in [0, 0.1) is 0 Å². The van der Waals surface area contributed by atoms with E-state index in [0.29, 0.717) is 30.7 Å². The Morgan fingerprint density at radius 3 is 2.88 bits per heavy atom. The highest BCUT2D eigenvalue weighted by atomic mass is 32.1. The van der Waals surface area contributed by atoms with E-state index in [-0.39, 0.29) is 17.1 Å². The van der Waals surface area contributed by atoms with Gasteiger partial charge in [0.1, 0.15) is 5.58 Å². The van der Waals surface area contributed by atoms with Crippen LogP contribution in [0.25, 0.3) is 11.0 Å². The van der Waals surface area contributed by atoms with Gasteiger partial charge in [0, 0.05) is 26.3 Å². The summed E-state index contributed by atoms with van der Waals surface area (Å²) in [4.78, 5) is 26.6. The van der Waals surface area contributed by atoms with Crippen LogP contribution in [-0.4, -0.2) is 31.1 Å². The molecule has 0 saturated carbocycles. The van der Waals surface area contributed by atoms with Crippen molar-refractivity contribution in [2.45, 2.75) is 6.54 Å². The van der Waals surface area contributed by atoms with Crippen LogP contribution in [0.2, 0.25) is 0 Å². The molecular formula is C18H17NO4S. The Bertz CT molecular complexity index is 885. The topological polar surface area (TPSA) is 59.8 Å². The number of carbonyl (C=O) groups excluding carboxylic acids is 1. The smallest absolute Gasteiger partial charge is 0.290 e. The molecule has 0 bridgehead atoms. The van der Waals surface area contributed by atoms with Crippen LogP contribution < -0.4 is 5.43 Å². The van der Waals surface area contributed by atoms with E-state index >= 15 is 0 Å². The lowest BCUT2D eigenvalue weighted by Gasteiger charge is -2.21. The van der Waals surface area contributed by atoms with Gasteiger partial charge in [-0.05, 0) is 34.5 Å². The summed E-state index contributed by atoms with van der Waals surface area (Å²) in [5, 5.41) is 4.42. The number of carbonyl (C=O) groups is 1. The third kappa shape index (κ3) is 3.55. The maximum absolute atomic E-state index is 12.8. The first-order valence-corrected chi connectivity index (χ1v) is 8.45. The maximum Gasteiger partial charge on any atom is 0.290 e. The fraction of sp³-hybridized carbons (Fsp3) is 0.222. The summed E-state index contributed by atoms with van der Waals surface area (Å²) in [6, 6.07) is 10.1. The van der Waals surface area contributed by atoms with E-state index in [1.54, 1.807) is 47.6 Å². The lowest BCUT2D eigenvalue weighted by Crippen LogP contribution is -2.33. The van der Waals surface area contributed by atoms with E-state index in [4.69, 9.17) is 9.15 Å². The van der Waals surface area contributed by atoms with Crippen molar-refractivity contribution < 1.29 is 13.9 Å². The number of amides is 1. The Labute approximate surface area is 143 Å². The molecule has 1 aromatic carbocycles. The van der Waals surface area contributed by atoms with Crippen molar-refractivity contribution in [1.29, 1.82) is 0 Å². The number of rotatable bonds is 6. The van der Waals surface area contributed by atoms with E-state index < -0.39 is 0 Å². The molecule has 0 aliphatic carbocycles. The quantitative estimate of drug-likeness (QED) is 0.690. The molecule has 2 heterocycles. The molecule has 3 aromatic rings. The number of hydrogen-bond acceptors (Lipinski definition) is 5. The molecule has 0 radical (unpaired) electrons. The number of fused-ring (bicyclic) bond motifs is 1. The van der Waals surface area contributed by atoms with Gasteiger partial charge in [0.15, 0.2) is 11.2 Å². The number of methoxy groups -OCH3 is 1. The Kier molecular flexibility index (Phi) is 5.08. The van der Waals surface area contributed by atoms with Crippen LogP contribution >= 0.6 is 11.3 Å². The SMILES string of the molecule is COCCN(Cc1ccsc1)C(=O)c1cc(=O)c2ccccc2o1. The second-order valence-corrected chi connectivity index (χ2v) is 6.10. The van der Waals surface area contributed by atoms with Crippen LogP contribution in [0.15, 0.2) is 56.4 Å². The Morgan fingerprint density at radius 2 is 2.12 bits per heavy atom. The van der Waals surface area contributed by atoms with Crippen LogP contribution in [0.3, 0.4) is 0 Å². The van der Waals surface area contributed by atoms with Crippen LogP contribution in [0.4, 0.5) is 0 Å². The van der Waals surface area contributed by atoms with Gasteiger partial charge in [-0.25, -0.2) is 0 Å². The third-order valence-electron chi connectivity index (χ3n) is 3.65. The number of benzene rings is 1. The van der Waals surface area contributed by atoms with Gasteiger partial charge in [0.2, 0.25) is 0 Å². The normalized spacial score (nSPS) is 10.9. The van der Waals surface area contributed by atoms with E-state index in [1.165, 1.54) is 6.07 Å². The summed E-state index contributed by atoms with van der Waals surface area (Å²) in [7, 11) is 1.59. The number of para-hydroxylation sites is 1. The fourth-order valence-electron chi connectivity index (χ4n) is 2.42. The van der Waals surface area contributed by atoms with Gasteiger partial charge in [0.25, 0.3) is 5.91 Å². The first-order valence-electron chi connectivity index (χ1n) is 7.51. The maximum atomic E-state index is 12.8. The highest BCUT2D eigenvalue weighted by Crippen LogP contribution is 2.16. The summed E-state index contributed by atoms with van der Waals surface area (Å²) < 4.78 is 10.7. The van der Waals surface area contributed by atoms with Crippen molar-refractivity contribution in [3.63, 3.8) is 0 Å². The van der Waals surface area contributed by atoms with E-state index in [1.807, 2.05) is 16.8 Å². The van der Waals surface area contributed by atoms with Gasteiger partial charge in [-0.15, -0.1) is 0 Å². The minimum Gasteiger partial charge on any atom is -0.451 e. The molecule has 0 fully saturated rings. The first-order chi connectivity index (χ1) is 11.7. The summed E-state index contributed by atoms with van der Waals surface area (Å²) >= 11 is 1.57. The van der Waals surface area contributed by atoms with Crippen molar-refractivity contribution in [3.8, 4) is 0 Å². The molecule has 5 nitrogen and oxygen atoms in total. The summed E-state index contributed by atoms with van der Waals surface area (Å²) in [5.74, 6) is -0.272. The monoisotopic (exact) mass is 343 g/mol. The average Bonchev–Trinajstić information content (AvgIpc) is 3.11. The van der Waals surface area contributed by atoms with Crippen molar-refractivity contribution in [2.24, 2.45) is 0 Å². The minimum atomic E-state index is -0.318. The Morgan fingerprint density at radius 1 is 1.29 bits per heavy atom. The van der Waals surface area contributed by atoms with Gasteiger partial charge in [-0.3, -0.25) is 9.59 Å². The Balaban J connectivity index is 1.92. The molecule has 0 aliphatic rings. The first kappa shape index (κ1) is 16.4. The van der Waals surface area contributed by atoms with Crippen molar-refractivity contribution in [2.75, 3.05) is 20.3 Å². The highest BCUT2D eigenvalue weighted by molar-refractivity contribution is 7.07. The molecule has 0 atom stereocenters. The van der Waals surface area contributed by atoms with Crippen LogP contribution in [0.1, 0.15) is 16.1 Å². The lowest BCUT2D eigenvalue weighted by atomic mass is 10.2. The molecule has 24 heavy (non-hydrogen) atoms. The van der Waals surface area contributed by atoms with Crippen molar-refractivity contribution in [1.82, 2.24) is 4.90 Å². The molecule has 2 aromatic heterocycles. The van der Waals surface area contributed by atoms with E-state index in [0.717, 1.165) is 5.56 Å². The van der Waals surface area contributed by atoms with Gasteiger partial charge in [-0.1, -0.05) is 12.1 Å². The second kappa shape index (κ2) is 7.42. The molecule has 1 amide bonds. The molecule has 0 N–H and O–H groups in total. The molecule has 124 valence electrons. The number of thiophene rings is 1. The third-order valence-corrected chi connectivity index (χ3v) is 4.38. The van der Waals surface area contributed by atoms with Gasteiger partial charge >= 0.3 is 0 Å². The zero-order valence-corrected chi connectivity index (χ0v) is 14.0. The lowest BCUT2D eigenvalue weighted by molar-refractivity contribution is 0.0650. The number of hydrogen-bond donors (Lipinski definition) is 0. The predicted molar refractivity (Wildman–Crippen MR) is 93.4 cm³/mol. The molecule has 0 saturated heterocycles. The molecule has 0 unspecified atom stereocenters. The largest absolute Gasteiger partial charge is 0.451 e. The van der Waals surface area contributed by atoms with Crippen LogP contribution in [-0.2, 0) is 11.3 Å². The van der Waals surface area contributed by atoms with E-state index in [9.17, 15) is 9.59 Å². The highest BCUT2D eigenvalue weighted by Gasteiger charge is 2.20. The second-order valence-electron chi connectivity index (χ2n) is 5.32. The number of ether oxygens (including phenoxy) is 1. The predicted octanol–water partition coefficient (Wildman–Crippen LogP) is 3.14. The Hall–Kier alpha value is -2.44. The van der Waals surface area contributed by atoms with Crippen molar-refractivity contribution in [3.05, 3.63) is 68.7 Å². The average molecular weight is 343 g/mol. The molecule has 3 rings (SSSR count). The summed E-state index contributed by atoms with van der Waals surface area (Å²) in [6.45, 7) is 1.28. The molecule has 0 aliphatic heterocycles. The van der Waals surface area contributed by atoms with Crippen LogP contribution in [0.5, 0.6) is 0 Å². The van der Waals surface area contributed by atoms with Crippen molar-refractivity contribution >= 4 is 28.2 Å². The summed E-state index contributed by atoms with van der Waals surface area (Å²) in [6.07, 6.45) is 0. The molecular weight excluding hydrogens is 326 g/mol. The van der Waals surface area contributed by atoms with Gasteiger partial charge in [-0.2, -0.15) is 11.3 Å². The van der Waals surface area contributed by atoms with Gasteiger partial charge < -0.3 is 14.1 Å². The van der Waals surface area contributed by atoms with E-state index in [2.05, 4.69) is 0 Å². The molecule has 6 heteroatoms. The van der Waals surface area contributed by atoms with Gasteiger partial charge in [0.05, 0.1) is 12.0 Å². The zero-order valence-electron chi connectivity index (χ0n) is 13.2. The standard InChI is InChI=1S/C18H17NO4S/c1-22-8-7-19(11-13-6-9-24-12-13)18(21)17-10-15(20)14-4-2-3-5-16(14)23-17/h2-6,9-10,12H,7-8,11H2,1H3. The summed E-state index contributed by atoms with van der Waals surface area (Å²) in [5.41, 5.74) is 1.23. The minimum absolute atomic E-state index is 0.0463. The number of nitrogens with zero attached hydrogens (tertiary/aromatic N) is 1. The zero-order chi connectivity index (χ0) is 16.9. The fourth-order valence-corrected chi connectivity index (χ4v) is 3.08.